The van der Waals surface area contributed by atoms with Gasteiger partial charge in [-0.2, -0.15) is 0 Å². The summed E-state index contributed by atoms with van der Waals surface area (Å²) < 4.78 is 22.3. The SMILES string of the molecule is CC(C)(C)OC(=O)COc1ccc(C2(c3ccc(OCC(=O)OC(C)(C)C)cc3)c3ccccc3-c3ccccc32)cc1. The number of esters is 2. The summed E-state index contributed by atoms with van der Waals surface area (Å²) in [6.45, 7) is 10.6. The zero-order valence-electron chi connectivity index (χ0n) is 25.6. The average Bonchev–Trinajstić information content (AvgIpc) is 3.25. The van der Waals surface area contributed by atoms with E-state index in [1.165, 1.54) is 22.3 Å². The third kappa shape index (κ3) is 6.43. The van der Waals surface area contributed by atoms with Crippen molar-refractivity contribution in [3.05, 3.63) is 119 Å². The summed E-state index contributed by atoms with van der Waals surface area (Å²) in [5.74, 6) is 0.326. The first-order chi connectivity index (χ1) is 20.4. The minimum absolute atomic E-state index is 0.168. The van der Waals surface area contributed by atoms with Crippen molar-refractivity contribution < 1.29 is 28.5 Å². The number of carbonyl (C=O) groups excluding carboxylic acids is 2. The number of fused-ring (bicyclic) bond motifs is 3. The number of ether oxygens (including phenoxy) is 4. The zero-order valence-corrected chi connectivity index (χ0v) is 25.6. The number of benzene rings is 4. The molecule has 6 nitrogen and oxygen atoms in total. The first-order valence-corrected chi connectivity index (χ1v) is 14.5. The van der Waals surface area contributed by atoms with Crippen LogP contribution in [0.5, 0.6) is 11.5 Å². The van der Waals surface area contributed by atoms with Crippen LogP contribution in [-0.2, 0) is 24.5 Å². The van der Waals surface area contributed by atoms with E-state index >= 15 is 0 Å². The Balaban J connectivity index is 1.50. The van der Waals surface area contributed by atoms with Gasteiger partial charge in [0.05, 0.1) is 5.41 Å². The van der Waals surface area contributed by atoms with Gasteiger partial charge in [0.15, 0.2) is 13.2 Å². The highest BCUT2D eigenvalue weighted by Gasteiger charge is 2.45. The van der Waals surface area contributed by atoms with Crippen molar-refractivity contribution in [2.24, 2.45) is 0 Å². The third-order valence-electron chi connectivity index (χ3n) is 7.08. The van der Waals surface area contributed by atoms with Crippen LogP contribution >= 0.6 is 0 Å². The molecule has 1 aliphatic rings. The maximum Gasteiger partial charge on any atom is 0.344 e. The second-order valence-electron chi connectivity index (χ2n) is 12.6. The predicted octanol–water partition coefficient (Wildman–Crippen LogP) is 7.49. The van der Waals surface area contributed by atoms with E-state index in [0.29, 0.717) is 11.5 Å². The summed E-state index contributed by atoms with van der Waals surface area (Å²) in [5, 5.41) is 0. The Morgan fingerprint density at radius 3 is 1.23 bits per heavy atom. The van der Waals surface area contributed by atoms with Gasteiger partial charge >= 0.3 is 11.9 Å². The first-order valence-electron chi connectivity index (χ1n) is 14.5. The Labute approximate surface area is 253 Å². The van der Waals surface area contributed by atoms with Crippen molar-refractivity contribution in [1.82, 2.24) is 0 Å². The van der Waals surface area contributed by atoms with Gasteiger partial charge in [0.1, 0.15) is 22.7 Å². The molecule has 0 heterocycles. The molecule has 0 spiro atoms. The van der Waals surface area contributed by atoms with E-state index in [-0.39, 0.29) is 13.2 Å². The van der Waals surface area contributed by atoms with Crippen LogP contribution in [0, 0.1) is 0 Å². The summed E-state index contributed by atoms with van der Waals surface area (Å²) in [7, 11) is 0. The maximum atomic E-state index is 12.2. The Kier molecular flexibility index (Phi) is 8.06. The standard InChI is InChI=1S/C37H38O6/c1-35(2,3)42-33(38)23-40-27-19-15-25(16-20-27)37(31-13-9-7-11-29(31)30-12-8-10-14-32(30)37)26-17-21-28(22-18-26)41-24-34(39)43-36(4,5)6/h7-22H,23-24H2,1-6H3. The fourth-order valence-corrected chi connectivity index (χ4v) is 5.65. The molecular formula is C37H38O6. The van der Waals surface area contributed by atoms with E-state index < -0.39 is 28.6 Å². The van der Waals surface area contributed by atoms with Crippen molar-refractivity contribution in [2.45, 2.75) is 58.2 Å². The van der Waals surface area contributed by atoms with Crippen LogP contribution in [0.4, 0.5) is 0 Å². The molecule has 0 saturated heterocycles. The summed E-state index contributed by atoms with van der Waals surface area (Å²) >= 11 is 0. The van der Waals surface area contributed by atoms with Crippen molar-refractivity contribution in [2.75, 3.05) is 13.2 Å². The van der Waals surface area contributed by atoms with E-state index in [2.05, 4.69) is 72.8 Å². The van der Waals surface area contributed by atoms with Gasteiger partial charge in [-0.15, -0.1) is 0 Å². The molecule has 6 heteroatoms. The number of rotatable bonds is 8. The molecule has 0 bridgehead atoms. The summed E-state index contributed by atoms with van der Waals surface area (Å²) in [6, 6.07) is 32.7. The first kappa shape index (κ1) is 29.9. The largest absolute Gasteiger partial charge is 0.482 e. The molecular weight excluding hydrogens is 540 g/mol. The van der Waals surface area contributed by atoms with Crippen LogP contribution in [0.15, 0.2) is 97.1 Å². The van der Waals surface area contributed by atoms with Gasteiger partial charge in [-0.3, -0.25) is 0 Å². The lowest BCUT2D eigenvalue weighted by molar-refractivity contribution is -0.158. The lowest BCUT2D eigenvalue weighted by Crippen LogP contribution is -2.29. The Hall–Kier alpha value is -4.58. The molecule has 4 aromatic rings. The van der Waals surface area contributed by atoms with Crippen LogP contribution < -0.4 is 9.47 Å². The number of hydrogen-bond donors (Lipinski definition) is 0. The normalized spacial score (nSPS) is 13.4. The van der Waals surface area contributed by atoms with Crippen LogP contribution in [0.3, 0.4) is 0 Å². The quantitative estimate of drug-likeness (QED) is 0.178. The molecule has 222 valence electrons. The van der Waals surface area contributed by atoms with E-state index in [1.807, 2.05) is 65.8 Å². The fourth-order valence-electron chi connectivity index (χ4n) is 5.65. The van der Waals surface area contributed by atoms with Gasteiger partial charge in [-0.1, -0.05) is 72.8 Å². The van der Waals surface area contributed by atoms with Crippen molar-refractivity contribution in [3.8, 4) is 22.6 Å². The second kappa shape index (κ2) is 11.6. The van der Waals surface area contributed by atoms with Crippen LogP contribution in [0.25, 0.3) is 11.1 Å². The van der Waals surface area contributed by atoms with Crippen LogP contribution in [0.1, 0.15) is 63.8 Å². The summed E-state index contributed by atoms with van der Waals surface area (Å²) in [6.07, 6.45) is 0. The Morgan fingerprint density at radius 2 is 0.884 bits per heavy atom. The molecule has 0 radical (unpaired) electrons. The zero-order chi connectivity index (χ0) is 30.8. The van der Waals surface area contributed by atoms with Crippen LogP contribution in [-0.4, -0.2) is 36.4 Å². The topological polar surface area (TPSA) is 71.1 Å². The molecule has 0 aliphatic heterocycles. The van der Waals surface area contributed by atoms with Crippen molar-refractivity contribution in [1.29, 1.82) is 0 Å². The number of hydrogen-bond acceptors (Lipinski definition) is 6. The molecule has 0 fully saturated rings. The number of carbonyl (C=O) groups is 2. The fraction of sp³-hybridized carbons (Fsp3) is 0.297. The lowest BCUT2D eigenvalue weighted by Gasteiger charge is -2.34. The summed E-state index contributed by atoms with van der Waals surface area (Å²) in [5.41, 5.74) is 5.03. The van der Waals surface area contributed by atoms with Gasteiger partial charge in [0.25, 0.3) is 0 Å². The molecule has 4 aromatic carbocycles. The van der Waals surface area contributed by atoms with Crippen molar-refractivity contribution in [3.63, 3.8) is 0 Å². The molecule has 0 unspecified atom stereocenters. The van der Waals surface area contributed by atoms with E-state index in [1.54, 1.807) is 0 Å². The highest BCUT2D eigenvalue weighted by Crippen LogP contribution is 2.56. The molecule has 0 aromatic heterocycles. The van der Waals surface area contributed by atoms with Crippen LogP contribution in [0.2, 0.25) is 0 Å². The minimum atomic E-state index is -0.611. The molecule has 5 rings (SSSR count). The molecule has 0 saturated carbocycles. The minimum Gasteiger partial charge on any atom is -0.482 e. The predicted molar refractivity (Wildman–Crippen MR) is 166 cm³/mol. The Morgan fingerprint density at radius 1 is 0.535 bits per heavy atom. The van der Waals surface area contributed by atoms with Gasteiger partial charge in [-0.05, 0) is 99.2 Å². The lowest BCUT2D eigenvalue weighted by atomic mass is 9.68. The molecule has 1 aliphatic carbocycles. The molecule has 0 amide bonds. The second-order valence-corrected chi connectivity index (χ2v) is 12.6. The van der Waals surface area contributed by atoms with Gasteiger partial charge in [-0.25, -0.2) is 9.59 Å². The monoisotopic (exact) mass is 578 g/mol. The van der Waals surface area contributed by atoms with Gasteiger partial charge in [0.2, 0.25) is 0 Å². The van der Waals surface area contributed by atoms with Crippen molar-refractivity contribution >= 4 is 11.9 Å². The smallest absolute Gasteiger partial charge is 0.344 e. The highest BCUT2D eigenvalue weighted by molar-refractivity contribution is 5.86. The Bertz CT molecular complexity index is 1480. The molecule has 43 heavy (non-hydrogen) atoms. The van der Waals surface area contributed by atoms with E-state index in [9.17, 15) is 9.59 Å². The molecule has 0 atom stereocenters. The summed E-state index contributed by atoms with van der Waals surface area (Å²) in [4.78, 5) is 24.4. The maximum absolute atomic E-state index is 12.2. The van der Waals surface area contributed by atoms with E-state index in [4.69, 9.17) is 18.9 Å². The van der Waals surface area contributed by atoms with Gasteiger partial charge in [0, 0.05) is 0 Å². The third-order valence-corrected chi connectivity index (χ3v) is 7.08. The molecule has 0 N–H and O–H groups in total. The van der Waals surface area contributed by atoms with E-state index in [0.717, 1.165) is 11.1 Å². The van der Waals surface area contributed by atoms with Gasteiger partial charge < -0.3 is 18.9 Å². The average molecular weight is 579 g/mol. The highest BCUT2D eigenvalue weighted by atomic mass is 16.6.